The van der Waals surface area contributed by atoms with E-state index in [1.165, 1.54) is 37.2 Å². The number of hydrogen-bond acceptors (Lipinski definition) is 7. The first kappa shape index (κ1) is 23.6. The van der Waals surface area contributed by atoms with E-state index in [0.717, 1.165) is 6.07 Å². The average molecular weight is 500 g/mol. The number of nitrogens with one attached hydrogen (secondary N) is 1. The summed E-state index contributed by atoms with van der Waals surface area (Å²) in [6.07, 6.45) is 2.92. The minimum absolute atomic E-state index is 0.0308. The topological polar surface area (TPSA) is 114 Å². The molecule has 2 heterocycles. The van der Waals surface area contributed by atoms with Crippen molar-refractivity contribution in [3.05, 3.63) is 90.5 Å². The van der Waals surface area contributed by atoms with E-state index >= 15 is 0 Å². The molecule has 5 aromatic rings. The van der Waals surface area contributed by atoms with Gasteiger partial charge in [-0.3, -0.25) is 9.78 Å². The Labute approximate surface area is 211 Å². The molecule has 0 bridgehead atoms. The predicted octanol–water partition coefficient (Wildman–Crippen LogP) is 5.20. The monoisotopic (exact) mass is 499 g/mol. The number of benzene rings is 3. The molecule has 1 amide bonds. The number of ether oxygens (including phenoxy) is 3. The van der Waals surface area contributed by atoms with Crippen molar-refractivity contribution in [2.45, 2.75) is 0 Å². The molecule has 0 saturated heterocycles. The maximum atomic E-state index is 15.0. The second-order valence-electron chi connectivity index (χ2n) is 7.93. The molecule has 3 N–H and O–H groups in total. The molecule has 0 aliphatic carbocycles. The molecule has 0 fully saturated rings. The van der Waals surface area contributed by atoms with Crippen molar-refractivity contribution >= 4 is 28.3 Å². The first-order valence-corrected chi connectivity index (χ1v) is 11.2. The largest absolute Gasteiger partial charge is 0.493 e. The molecule has 37 heavy (non-hydrogen) atoms. The molecule has 5 rings (SSSR count). The first-order valence-electron chi connectivity index (χ1n) is 11.2. The maximum Gasteiger partial charge on any atom is 0.261 e. The van der Waals surface area contributed by atoms with Crippen LogP contribution in [0.15, 0.2) is 79.1 Å². The SMILES string of the molecule is COc1cc2nccc(Oc3ccc(NC(=O)c4cnn(-c5ccccc5)c4N)cc3F)c2cc1OC. The Hall–Kier alpha value is -5.12. The number of amides is 1. The van der Waals surface area contributed by atoms with E-state index in [1.54, 1.807) is 24.4 Å². The third-order valence-corrected chi connectivity index (χ3v) is 5.67. The summed E-state index contributed by atoms with van der Waals surface area (Å²) >= 11 is 0. The van der Waals surface area contributed by atoms with Crippen LogP contribution in [0.1, 0.15) is 10.4 Å². The molecule has 186 valence electrons. The number of methoxy groups -OCH3 is 2. The fourth-order valence-corrected chi connectivity index (χ4v) is 3.82. The number of fused-ring (bicyclic) bond motifs is 1. The number of para-hydroxylation sites is 1. The second kappa shape index (κ2) is 9.86. The molecule has 0 unspecified atom stereocenters. The fourth-order valence-electron chi connectivity index (χ4n) is 3.82. The van der Waals surface area contributed by atoms with Crippen molar-refractivity contribution in [3.63, 3.8) is 0 Å². The Bertz CT molecular complexity index is 1600. The smallest absolute Gasteiger partial charge is 0.261 e. The van der Waals surface area contributed by atoms with Crippen molar-refractivity contribution in [2.24, 2.45) is 0 Å². The van der Waals surface area contributed by atoms with E-state index in [4.69, 9.17) is 19.9 Å². The normalized spacial score (nSPS) is 10.8. The molecular weight excluding hydrogens is 477 g/mol. The molecular formula is C27H22FN5O4. The molecule has 2 aromatic heterocycles. The number of pyridine rings is 1. The summed E-state index contributed by atoms with van der Waals surface area (Å²) in [6, 6.07) is 18.3. The van der Waals surface area contributed by atoms with Gasteiger partial charge in [0.2, 0.25) is 0 Å². The Morgan fingerprint density at radius 1 is 0.946 bits per heavy atom. The number of hydrogen-bond donors (Lipinski definition) is 2. The van der Waals surface area contributed by atoms with Crippen LogP contribution in [0.3, 0.4) is 0 Å². The van der Waals surface area contributed by atoms with E-state index in [1.807, 2.05) is 30.3 Å². The van der Waals surface area contributed by atoms with Gasteiger partial charge in [-0.1, -0.05) is 18.2 Å². The van der Waals surface area contributed by atoms with Crippen LogP contribution in [0.4, 0.5) is 15.9 Å². The first-order chi connectivity index (χ1) is 18.0. The lowest BCUT2D eigenvalue weighted by Gasteiger charge is -2.13. The molecule has 0 saturated carbocycles. The summed E-state index contributed by atoms with van der Waals surface area (Å²) < 4.78 is 33.0. The van der Waals surface area contributed by atoms with E-state index in [0.29, 0.717) is 33.8 Å². The number of anilines is 2. The molecule has 0 spiro atoms. The number of halogens is 1. The van der Waals surface area contributed by atoms with Crippen molar-refractivity contribution < 1.29 is 23.4 Å². The predicted molar refractivity (Wildman–Crippen MR) is 137 cm³/mol. The standard InChI is InChI=1S/C27H22FN5O4/c1-35-24-13-18-21(14-25(24)36-2)30-11-10-22(18)37-23-9-8-16(12-20(23)28)32-27(34)19-15-31-33(26(19)29)17-6-4-3-5-7-17/h3-15H,29H2,1-2H3,(H,32,34). The summed E-state index contributed by atoms with van der Waals surface area (Å²) in [5.41, 5.74) is 7.84. The number of aromatic nitrogens is 3. The third kappa shape index (κ3) is 4.59. The molecule has 9 nitrogen and oxygen atoms in total. The van der Waals surface area contributed by atoms with Gasteiger partial charge >= 0.3 is 0 Å². The Morgan fingerprint density at radius 3 is 2.43 bits per heavy atom. The zero-order valence-corrected chi connectivity index (χ0v) is 19.9. The highest BCUT2D eigenvalue weighted by Crippen LogP contribution is 2.37. The lowest BCUT2D eigenvalue weighted by Crippen LogP contribution is -2.14. The summed E-state index contributed by atoms with van der Waals surface area (Å²) in [6.45, 7) is 0. The average Bonchev–Trinajstić information content (AvgIpc) is 3.31. The highest BCUT2D eigenvalue weighted by Gasteiger charge is 2.18. The quantitative estimate of drug-likeness (QED) is 0.316. The van der Waals surface area contributed by atoms with E-state index in [-0.39, 0.29) is 22.8 Å². The zero-order chi connectivity index (χ0) is 25.9. The number of nitrogens with two attached hydrogens (primary N) is 1. The van der Waals surface area contributed by atoms with Crippen LogP contribution in [-0.4, -0.2) is 34.9 Å². The van der Waals surface area contributed by atoms with Gasteiger partial charge < -0.3 is 25.3 Å². The van der Waals surface area contributed by atoms with Crippen molar-refractivity contribution in [2.75, 3.05) is 25.3 Å². The number of nitrogens with zero attached hydrogens (tertiary/aromatic N) is 3. The van der Waals surface area contributed by atoms with Gasteiger partial charge in [0.15, 0.2) is 23.1 Å². The van der Waals surface area contributed by atoms with E-state index in [2.05, 4.69) is 15.4 Å². The van der Waals surface area contributed by atoms with Crippen LogP contribution in [0, 0.1) is 5.82 Å². The molecule has 0 atom stereocenters. The van der Waals surface area contributed by atoms with Crippen LogP contribution >= 0.6 is 0 Å². The molecule has 0 radical (unpaired) electrons. The molecule has 0 aliphatic rings. The van der Waals surface area contributed by atoms with Gasteiger partial charge in [0.25, 0.3) is 5.91 Å². The Morgan fingerprint density at radius 2 is 1.70 bits per heavy atom. The lowest BCUT2D eigenvalue weighted by molar-refractivity contribution is 0.102. The number of nitrogen functional groups attached to an aromatic ring is 1. The van der Waals surface area contributed by atoms with Gasteiger partial charge in [0.1, 0.15) is 17.1 Å². The molecule has 3 aromatic carbocycles. The summed E-state index contributed by atoms with van der Waals surface area (Å²) in [7, 11) is 3.05. The van der Waals surface area contributed by atoms with Crippen LogP contribution in [-0.2, 0) is 0 Å². The van der Waals surface area contributed by atoms with Crippen LogP contribution in [0.5, 0.6) is 23.0 Å². The highest BCUT2D eigenvalue weighted by molar-refractivity contribution is 6.07. The number of carbonyl (C=O) groups is 1. The molecule has 0 aliphatic heterocycles. The van der Waals surface area contributed by atoms with E-state index < -0.39 is 11.7 Å². The zero-order valence-electron chi connectivity index (χ0n) is 19.9. The van der Waals surface area contributed by atoms with Crippen LogP contribution in [0.25, 0.3) is 16.6 Å². The molecule has 10 heteroatoms. The number of rotatable bonds is 7. The lowest BCUT2D eigenvalue weighted by atomic mass is 10.1. The van der Waals surface area contributed by atoms with Gasteiger partial charge in [-0.25, -0.2) is 9.07 Å². The van der Waals surface area contributed by atoms with E-state index in [9.17, 15) is 9.18 Å². The fraction of sp³-hybridized carbons (Fsp3) is 0.0741. The summed E-state index contributed by atoms with van der Waals surface area (Å²) in [5, 5.41) is 7.45. The van der Waals surface area contributed by atoms with Crippen LogP contribution in [0.2, 0.25) is 0 Å². The summed E-state index contributed by atoms with van der Waals surface area (Å²) in [4.78, 5) is 17.1. The van der Waals surface area contributed by atoms with Gasteiger partial charge in [-0.2, -0.15) is 5.10 Å². The van der Waals surface area contributed by atoms with Gasteiger partial charge in [-0.05, 0) is 36.4 Å². The minimum atomic E-state index is -0.670. The second-order valence-corrected chi connectivity index (χ2v) is 7.93. The summed E-state index contributed by atoms with van der Waals surface area (Å²) in [5.74, 6) is 0.326. The van der Waals surface area contributed by atoms with Crippen molar-refractivity contribution in [1.29, 1.82) is 0 Å². The van der Waals surface area contributed by atoms with Gasteiger partial charge in [-0.15, -0.1) is 0 Å². The van der Waals surface area contributed by atoms with Gasteiger partial charge in [0, 0.05) is 29.4 Å². The van der Waals surface area contributed by atoms with Crippen molar-refractivity contribution in [1.82, 2.24) is 14.8 Å². The third-order valence-electron chi connectivity index (χ3n) is 5.67. The highest BCUT2D eigenvalue weighted by atomic mass is 19.1. The maximum absolute atomic E-state index is 15.0. The van der Waals surface area contributed by atoms with Crippen LogP contribution < -0.4 is 25.3 Å². The number of carbonyl (C=O) groups excluding carboxylic acids is 1. The minimum Gasteiger partial charge on any atom is -0.493 e. The van der Waals surface area contributed by atoms with Crippen molar-refractivity contribution in [3.8, 4) is 28.7 Å². The van der Waals surface area contributed by atoms with Gasteiger partial charge in [0.05, 0.1) is 31.6 Å². The Balaban J connectivity index is 1.36. The Kier molecular flexibility index (Phi) is 6.29.